The van der Waals surface area contributed by atoms with Crippen LogP contribution in [0.3, 0.4) is 0 Å². The van der Waals surface area contributed by atoms with E-state index in [1.807, 2.05) is 24.3 Å². The Morgan fingerprint density at radius 1 is 0.829 bits per heavy atom. The van der Waals surface area contributed by atoms with Crippen LogP contribution in [0.4, 0.5) is 0 Å². The van der Waals surface area contributed by atoms with Gasteiger partial charge in [0.15, 0.2) is 0 Å². The van der Waals surface area contributed by atoms with Gasteiger partial charge in [0.2, 0.25) is 5.91 Å². The van der Waals surface area contributed by atoms with E-state index in [4.69, 9.17) is 33.9 Å². The second kappa shape index (κ2) is 14.4. The largest absolute Gasteiger partial charge is 0.366 e. The van der Waals surface area contributed by atoms with E-state index in [9.17, 15) is 4.79 Å². The number of imidazole rings is 1. The monoisotopic (exact) mass is 589 g/mol. The molecule has 4 nitrogen and oxygen atoms in total. The maximum atomic E-state index is 11.8. The number of hydrogen-bond acceptors (Lipinski definition) is 2. The first-order valence-electron chi connectivity index (χ1n) is 15.3. The van der Waals surface area contributed by atoms with E-state index in [1.165, 1.54) is 82.7 Å². The van der Waals surface area contributed by atoms with Crippen molar-refractivity contribution in [2.75, 3.05) is 0 Å². The Kier molecular flexibility index (Phi) is 10.4. The number of carbonyl (C=O) groups is 1. The minimum atomic E-state index is -0.456. The highest BCUT2D eigenvalue weighted by Crippen LogP contribution is 2.37. The molecule has 2 unspecified atom stereocenters. The van der Waals surface area contributed by atoms with Crippen LogP contribution in [0.25, 0.3) is 16.9 Å². The van der Waals surface area contributed by atoms with Crippen LogP contribution in [0.1, 0.15) is 105 Å². The molecule has 0 radical (unpaired) electrons. The van der Waals surface area contributed by atoms with Gasteiger partial charge in [0.25, 0.3) is 0 Å². The number of pyridine rings is 1. The molecule has 1 aliphatic carbocycles. The average molecular weight is 591 g/mol. The van der Waals surface area contributed by atoms with Crippen molar-refractivity contribution in [1.82, 2.24) is 9.38 Å². The van der Waals surface area contributed by atoms with Crippen molar-refractivity contribution in [2.24, 2.45) is 11.7 Å². The third kappa shape index (κ3) is 7.72. The van der Waals surface area contributed by atoms with Gasteiger partial charge in [-0.2, -0.15) is 0 Å². The summed E-state index contributed by atoms with van der Waals surface area (Å²) in [5.74, 6) is 0.631. The predicted molar refractivity (Wildman–Crippen MR) is 171 cm³/mol. The number of carbonyl (C=O) groups excluding carboxylic acids is 1. The Morgan fingerprint density at radius 3 is 2.20 bits per heavy atom. The molecular weight excluding hydrogens is 549 g/mol. The fourth-order valence-electron chi connectivity index (χ4n) is 6.57. The van der Waals surface area contributed by atoms with Crippen molar-refractivity contribution in [3.05, 3.63) is 93.7 Å². The summed E-state index contributed by atoms with van der Waals surface area (Å²) in [4.78, 5) is 16.9. The molecule has 2 N–H and O–H groups in total. The van der Waals surface area contributed by atoms with Crippen LogP contribution in [0.2, 0.25) is 10.0 Å². The molecule has 1 fully saturated rings. The van der Waals surface area contributed by atoms with Gasteiger partial charge < -0.3 is 10.1 Å². The lowest BCUT2D eigenvalue weighted by atomic mass is 9.86. The molecule has 0 aliphatic heterocycles. The number of amides is 1. The molecule has 1 aliphatic rings. The third-order valence-electron chi connectivity index (χ3n) is 8.72. The van der Waals surface area contributed by atoms with E-state index in [0.717, 1.165) is 33.9 Å². The molecule has 1 saturated carbocycles. The second-order valence-corrected chi connectivity index (χ2v) is 12.6. The Bertz CT molecular complexity index is 1450. The van der Waals surface area contributed by atoms with Crippen molar-refractivity contribution >= 4 is 34.8 Å². The molecule has 2 heterocycles. The van der Waals surface area contributed by atoms with Gasteiger partial charge in [0, 0.05) is 22.7 Å². The summed E-state index contributed by atoms with van der Waals surface area (Å²) in [7, 11) is 0. The molecule has 0 spiro atoms. The summed E-state index contributed by atoms with van der Waals surface area (Å²) in [6.07, 6.45) is 18.0. The van der Waals surface area contributed by atoms with Crippen LogP contribution >= 0.6 is 23.2 Å². The van der Waals surface area contributed by atoms with Gasteiger partial charge >= 0.3 is 0 Å². The normalized spacial score (nSPS) is 19.6. The number of fused-ring (bicyclic) bond motifs is 1. The van der Waals surface area contributed by atoms with Crippen molar-refractivity contribution in [2.45, 2.75) is 89.4 Å². The number of nitrogens with zero attached hydrogens (tertiary/aromatic N) is 2. The van der Waals surface area contributed by atoms with Gasteiger partial charge in [0.05, 0.1) is 22.0 Å². The maximum Gasteiger partial charge on any atom is 0.250 e. The minimum Gasteiger partial charge on any atom is -0.366 e. The van der Waals surface area contributed by atoms with Gasteiger partial charge in [0.1, 0.15) is 5.65 Å². The van der Waals surface area contributed by atoms with Crippen LogP contribution in [0, 0.1) is 5.92 Å². The first kappa shape index (κ1) is 29.7. The summed E-state index contributed by atoms with van der Waals surface area (Å²) in [5, 5.41) is 1.19. The molecule has 0 saturated heterocycles. The Labute approximate surface area is 254 Å². The van der Waals surface area contributed by atoms with Crippen molar-refractivity contribution in [1.29, 1.82) is 0 Å². The van der Waals surface area contributed by atoms with Gasteiger partial charge in [-0.25, -0.2) is 4.98 Å². The number of benzene rings is 2. The zero-order chi connectivity index (χ0) is 28.6. The molecular formula is C35H41Cl2N3O. The first-order valence-corrected chi connectivity index (χ1v) is 16.1. The van der Waals surface area contributed by atoms with Gasteiger partial charge in [-0.15, -0.1) is 0 Å². The maximum absolute atomic E-state index is 11.8. The quantitative estimate of drug-likeness (QED) is 0.251. The SMILES string of the molecule is NC(=O)c1cc(CC2CCCCCCCC(c3c(-c4ccc(Cl)cc4)nc4ccccn34)CCCCC2)ccc1Cl. The molecule has 6 heteroatoms. The average Bonchev–Trinajstić information content (AvgIpc) is 3.35. The predicted octanol–water partition coefficient (Wildman–Crippen LogP) is 10.0. The highest BCUT2D eigenvalue weighted by molar-refractivity contribution is 6.33. The van der Waals surface area contributed by atoms with Crippen molar-refractivity contribution < 1.29 is 4.79 Å². The molecule has 2 atom stereocenters. The summed E-state index contributed by atoms with van der Waals surface area (Å²) >= 11 is 12.4. The molecule has 2 aromatic heterocycles. The lowest BCUT2D eigenvalue weighted by Gasteiger charge is -2.21. The van der Waals surface area contributed by atoms with Crippen LogP contribution in [0.15, 0.2) is 66.9 Å². The Morgan fingerprint density at radius 2 is 1.49 bits per heavy atom. The molecule has 4 aromatic rings. The molecule has 5 rings (SSSR count). The number of halogens is 2. The van der Waals surface area contributed by atoms with E-state index < -0.39 is 5.91 Å². The second-order valence-electron chi connectivity index (χ2n) is 11.7. The number of hydrogen-bond donors (Lipinski definition) is 1. The smallest absolute Gasteiger partial charge is 0.250 e. The Balaban J connectivity index is 1.31. The molecule has 0 bridgehead atoms. The third-order valence-corrected chi connectivity index (χ3v) is 9.30. The zero-order valence-electron chi connectivity index (χ0n) is 23.8. The number of nitrogens with two attached hydrogens (primary N) is 1. The lowest BCUT2D eigenvalue weighted by Crippen LogP contribution is -2.13. The first-order chi connectivity index (χ1) is 20.0. The molecule has 1 amide bonds. The van der Waals surface area contributed by atoms with Crippen LogP contribution in [0.5, 0.6) is 0 Å². The van der Waals surface area contributed by atoms with Crippen LogP contribution < -0.4 is 5.73 Å². The van der Waals surface area contributed by atoms with E-state index >= 15 is 0 Å². The van der Waals surface area contributed by atoms with E-state index in [1.54, 1.807) is 0 Å². The molecule has 216 valence electrons. The summed E-state index contributed by atoms with van der Waals surface area (Å²) in [5.41, 5.74) is 11.7. The van der Waals surface area contributed by atoms with E-state index in [2.05, 4.69) is 47.0 Å². The van der Waals surface area contributed by atoms with E-state index in [0.29, 0.717) is 22.4 Å². The van der Waals surface area contributed by atoms with Crippen LogP contribution in [-0.4, -0.2) is 15.3 Å². The Hall–Kier alpha value is -2.82. The highest BCUT2D eigenvalue weighted by atomic mass is 35.5. The number of rotatable bonds is 5. The fraction of sp³-hybridized carbons (Fsp3) is 0.429. The summed E-state index contributed by atoms with van der Waals surface area (Å²) < 4.78 is 2.32. The van der Waals surface area contributed by atoms with Crippen LogP contribution in [-0.2, 0) is 6.42 Å². The lowest BCUT2D eigenvalue weighted by molar-refractivity contribution is 0.100. The van der Waals surface area contributed by atoms with Gasteiger partial charge in [-0.3, -0.25) is 4.79 Å². The standard InChI is InChI=1S/C35H41Cl2N3O/c36-29-19-17-27(18-20-29)33-34(40-22-10-9-15-32(40)39-33)28-13-7-3-1-2-5-11-25(12-6-4-8-14-28)23-26-16-21-31(37)30(24-26)35(38)41/h9-10,15-22,24-25,28H,1-8,11-14,23H2,(H2,38,41). The molecule has 41 heavy (non-hydrogen) atoms. The zero-order valence-corrected chi connectivity index (χ0v) is 25.3. The summed E-state index contributed by atoms with van der Waals surface area (Å²) in [6.45, 7) is 0. The van der Waals surface area contributed by atoms with Crippen molar-refractivity contribution in [3.8, 4) is 11.3 Å². The van der Waals surface area contributed by atoms with Gasteiger partial charge in [-0.05, 0) is 67.1 Å². The molecule has 2 aromatic carbocycles. The topological polar surface area (TPSA) is 60.4 Å². The van der Waals surface area contributed by atoms with Gasteiger partial charge in [-0.1, -0.05) is 112 Å². The summed E-state index contributed by atoms with van der Waals surface area (Å²) in [6, 6.07) is 20.2. The van der Waals surface area contributed by atoms with E-state index in [-0.39, 0.29) is 0 Å². The fourth-order valence-corrected chi connectivity index (χ4v) is 6.90. The van der Waals surface area contributed by atoms with Crippen molar-refractivity contribution in [3.63, 3.8) is 0 Å². The number of primary amides is 1. The highest BCUT2D eigenvalue weighted by Gasteiger charge is 2.23. The minimum absolute atomic E-state index is 0.432. The number of aromatic nitrogens is 2.